The minimum absolute atomic E-state index is 0.278. The van der Waals surface area contributed by atoms with Gasteiger partial charge in [0.1, 0.15) is 10.2 Å². The molecule has 0 bridgehead atoms. The fourth-order valence-electron chi connectivity index (χ4n) is 2.02. The van der Waals surface area contributed by atoms with Crippen molar-refractivity contribution in [1.82, 2.24) is 0 Å². The summed E-state index contributed by atoms with van der Waals surface area (Å²) < 4.78 is 36.8. The maximum absolute atomic E-state index is 13.1. The summed E-state index contributed by atoms with van der Waals surface area (Å²) in [6.45, 7) is 0. The molecule has 0 heterocycles. The van der Waals surface area contributed by atoms with Gasteiger partial charge in [0, 0.05) is 5.92 Å². The van der Waals surface area contributed by atoms with E-state index in [1.54, 1.807) is 0 Å². The van der Waals surface area contributed by atoms with Gasteiger partial charge in [-0.3, -0.25) is 4.79 Å². The van der Waals surface area contributed by atoms with Crippen LogP contribution < -0.4 is 5.73 Å². The fourth-order valence-corrected chi connectivity index (χ4v) is 2.86. The summed E-state index contributed by atoms with van der Waals surface area (Å²) in [6.07, 6.45) is -2.95. The van der Waals surface area contributed by atoms with Crippen molar-refractivity contribution in [3.05, 3.63) is 35.1 Å². The molecular weight excluding hydrogens is 290 g/mol. The largest absolute Gasteiger partial charge is 0.369 e. The second kappa shape index (κ2) is 4.31. The van der Waals surface area contributed by atoms with Crippen molar-refractivity contribution >= 4 is 29.1 Å². The Bertz CT molecular complexity index is 507. The average molecular weight is 298 g/mol. The van der Waals surface area contributed by atoms with Crippen LogP contribution in [0.3, 0.4) is 0 Å². The van der Waals surface area contributed by atoms with E-state index >= 15 is 0 Å². The van der Waals surface area contributed by atoms with Gasteiger partial charge < -0.3 is 5.73 Å². The molecule has 2 unspecified atom stereocenters. The number of nitrogens with two attached hydrogens (primary N) is 1. The Morgan fingerprint density at radius 1 is 1.39 bits per heavy atom. The zero-order valence-electron chi connectivity index (χ0n) is 8.84. The molecule has 1 aromatic carbocycles. The lowest BCUT2D eigenvalue weighted by molar-refractivity contribution is -0.119. The molecule has 2 nitrogen and oxygen atoms in total. The number of primary amides is 1. The van der Waals surface area contributed by atoms with Gasteiger partial charge in [0.25, 0.3) is 6.43 Å². The molecule has 0 aliphatic heterocycles. The van der Waals surface area contributed by atoms with Gasteiger partial charge in [-0.1, -0.05) is 6.07 Å². The molecule has 1 fully saturated rings. The van der Waals surface area contributed by atoms with Crippen molar-refractivity contribution in [3.8, 4) is 0 Å². The Hall–Kier alpha value is -0.940. The van der Waals surface area contributed by atoms with Crippen LogP contribution in [-0.2, 0) is 4.79 Å². The quantitative estimate of drug-likeness (QED) is 0.856. The van der Waals surface area contributed by atoms with Gasteiger partial charge in [-0.05, 0) is 17.7 Å². The molecule has 2 atom stereocenters. The molecule has 1 saturated carbocycles. The van der Waals surface area contributed by atoms with Gasteiger partial charge in [-0.2, -0.15) is 0 Å². The Morgan fingerprint density at radius 3 is 2.44 bits per heavy atom. The second-order valence-corrected chi connectivity index (χ2v) is 5.56. The van der Waals surface area contributed by atoms with E-state index in [0.717, 1.165) is 12.1 Å². The number of carbonyl (C=O) groups excluding carboxylic acids is 1. The molecule has 18 heavy (non-hydrogen) atoms. The van der Waals surface area contributed by atoms with E-state index in [2.05, 4.69) is 0 Å². The van der Waals surface area contributed by atoms with E-state index in [9.17, 15) is 18.0 Å². The second-order valence-electron chi connectivity index (χ2n) is 4.11. The first-order chi connectivity index (χ1) is 8.26. The predicted octanol–water partition coefficient (Wildman–Crippen LogP) is 3.14. The van der Waals surface area contributed by atoms with Crippen LogP contribution in [0.5, 0.6) is 0 Å². The number of alkyl halides is 4. The van der Waals surface area contributed by atoms with Crippen LogP contribution in [0.25, 0.3) is 0 Å². The third-order valence-corrected chi connectivity index (χ3v) is 3.91. The van der Waals surface area contributed by atoms with Gasteiger partial charge in [0.05, 0.1) is 11.5 Å². The van der Waals surface area contributed by atoms with Crippen LogP contribution in [0.4, 0.5) is 13.2 Å². The summed E-state index contributed by atoms with van der Waals surface area (Å²) in [5.41, 5.74) is 4.63. The lowest BCUT2D eigenvalue weighted by Crippen LogP contribution is -2.16. The molecular formula is C11H8Cl2F3NO. The van der Waals surface area contributed by atoms with Crippen molar-refractivity contribution in [1.29, 1.82) is 0 Å². The number of amides is 1. The number of hydrogen-bond donors (Lipinski definition) is 1. The van der Waals surface area contributed by atoms with Gasteiger partial charge in [0.2, 0.25) is 5.91 Å². The molecule has 7 heteroatoms. The van der Waals surface area contributed by atoms with Crippen molar-refractivity contribution < 1.29 is 18.0 Å². The molecule has 98 valence electrons. The molecule has 1 aromatic rings. The van der Waals surface area contributed by atoms with Crippen LogP contribution in [0.1, 0.15) is 23.5 Å². The van der Waals surface area contributed by atoms with E-state index in [-0.39, 0.29) is 5.56 Å². The lowest BCUT2D eigenvalue weighted by Gasteiger charge is -2.06. The molecule has 1 aliphatic carbocycles. The highest BCUT2D eigenvalue weighted by molar-refractivity contribution is 6.53. The van der Waals surface area contributed by atoms with Gasteiger partial charge in [-0.25, -0.2) is 13.2 Å². The molecule has 0 radical (unpaired) electrons. The van der Waals surface area contributed by atoms with Crippen LogP contribution in [-0.4, -0.2) is 10.2 Å². The Labute approximate surface area is 111 Å². The SMILES string of the molecule is NC(=O)C1C(c2ccc(F)c(C(F)F)c2)C1(Cl)Cl. The summed E-state index contributed by atoms with van der Waals surface area (Å²) in [5.74, 6) is -3.26. The van der Waals surface area contributed by atoms with E-state index in [0.29, 0.717) is 0 Å². The third kappa shape index (κ3) is 2.06. The number of benzene rings is 1. The Morgan fingerprint density at radius 2 is 2.00 bits per heavy atom. The molecule has 1 aliphatic rings. The monoisotopic (exact) mass is 297 g/mol. The minimum Gasteiger partial charge on any atom is -0.369 e. The van der Waals surface area contributed by atoms with E-state index < -0.39 is 39.9 Å². The maximum atomic E-state index is 13.1. The number of carbonyl (C=O) groups is 1. The number of hydrogen-bond acceptors (Lipinski definition) is 1. The zero-order valence-corrected chi connectivity index (χ0v) is 10.4. The van der Waals surface area contributed by atoms with E-state index in [4.69, 9.17) is 28.9 Å². The first kappa shape index (κ1) is 13.5. The molecule has 0 saturated heterocycles. The Kier molecular flexibility index (Phi) is 3.23. The van der Waals surface area contributed by atoms with Crippen molar-refractivity contribution in [2.45, 2.75) is 16.7 Å². The van der Waals surface area contributed by atoms with Gasteiger partial charge in [0.15, 0.2) is 0 Å². The van der Waals surface area contributed by atoms with Gasteiger partial charge >= 0.3 is 0 Å². The third-order valence-electron chi connectivity index (χ3n) is 2.97. The molecule has 1 amide bonds. The van der Waals surface area contributed by atoms with Gasteiger partial charge in [-0.15, -0.1) is 23.2 Å². The standard InChI is InChI=1S/C11H8Cl2F3NO/c12-11(13)7(8(11)10(17)18)4-1-2-6(14)5(3-4)9(15)16/h1-3,7-9H,(H2,17,18). The van der Waals surface area contributed by atoms with Crippen molar-refractivity contribution in [3.63, 3.8) is 0 Å². The number of rotatable bonds is 3. The fraction of sp³-hybridized carbons (Fsp3) is 0.364. The first-order valence-corrected chi connectivity index (χ1v) is 5.77. The van der Waals surface area contributed by atoms with Crippen molar-refractivity contribution in [2.24, 2.45) is 11.7 Å². The predicted molar refractivity (Wildman–Crippen MR) is 61.2 cm³/mol. The van der Waals surface area contributed by atoms with Crippen LogP contribution >= 0.6 is 23.2 Å². The summed E-state index contributed by atoms with van der Waals surface area (Å²) in [5, 5.41) is 0. The van der Waals surface area contributed by atoms with Crippen molar-refractivity contribution in [2.75, 3.05) is 0 Å². The zero-order chi connectivity index (χ0) is 13.7. The summed E-state index contributed by atoms with van der Waals surface area (Å²) in [7, 11) is 0. The smallest absolute Gasteiger partial charge is 0.266 e. The molecule has 2 N–H and O–H groups in total. The van der Waals surface area contributed by atoms with E-state index in [1.807, 2.05) is 0 Å². The Balaban J connectivity index is 2.37. The molecule has 0 aromatic heterocycles. The highest BCUT2D eigenvalue weighted by atomic mass is 35.5. The topological polar surface area (TPSA) is 43.1 Å². The normalized spacial score (nSPS) is 25.2. The lowest BCUT2D eigenvalue weighted by atomic mass is 10.1. The summed E-state index contributed by atoms with van der Waals surface area (Å²) >= 11 is 11.7. The highest BCUT2D eigenvalue weighted by Crippen LogP contribution is 2.64. The molecule has 0 spiro atoms. The van der Waals surface area contributed by atoms with E-state index in [1.165, 1.54) is 6.07 Å². The van der Waals surface area contributed by atoms with Crippen LogP contribution in [0.15, 0.2) is 18.2 Å². The highest BCUT2D eigenvalue weighted by Gasteiger charge is 2.67. The summed E-state index contributed by atoms with van der Waals surface area (Å²) in [4.78, 5) is 11.1. The number of halogens is 5. The first-order valence-electron chi connectivity index (χ1n) is 5.01. The summed E-state index contributed by atoms with van der Waals surface area (Å²) in [6, 6.07) is 3.14. The molecule has 2 rings (SSSR count). The van der Waals surface area contributed by atoms with Crippen LogP contribution in [0, 0.1) is 11.7 Å². The average Bonchev–Trinajstić information content (AvgIpc) is 2.82. The van der Waals surface area contributed by atoms with Crippen LogP contribution in [0.2, 0.25) is 0 Å². The maximum Gasteiger partial charge on any atom is 0.266 e. The minimum atomic E-state index is -2.95.